The van der Waals surface area contributed by atoms with Crippen LogP contribution < -0.4 is 10.1 Å². The van der Waals surface area contributed by atoms with E-state index in [1.807, 2.05) is 44.2 Å². The second-order valence-corrected chi connectivity index (χ2v) is 7.98. The molecule has 3 aromatic rings. The van der Waals surface area contributed by atoms with Gasteiger partial charge in [0.15, 0.2) is 6.61 Å². The molecule has 8 nitrogen and oxygen atoms in total. The number of para-hydroxylation sites is 1. The second-order valence-electron chi connectivity index (χ2n) is 7.58. The molecule has 0 aliphatic carbocycles. The third kappa shape index (κ3) is 5.46. The number of benzene rings is 2. The van der Waals surface area contributed by atoms with Crippen LogP contribution in [-0.2, 0) is 9.59 Å². The van der Waals surface area contributed by atoms with Crippen molar-refractivity contribution in [2.75, 3.05) is 25.0 Å². The molecular formula is C25H27ClN4O4. The Balaban J connectivity index is 1.70. The van der Waals surface area contributed by atoms with E-state index in [1.165, 1.54) is 6.07 Å². The van der Waals surface area contributed by atoms with Gasteiger partial charge < -0.3 is 15.0 Å². The number of Topliss-reactive ketones (excluding diaryl/α,β-unsaturated/α-hetero) is 1. The van der Waals surface area contributed by atoms with Gasteiger partial charge in [-0.3, -0.25) is 14.4 Å². The van der Waals surface area contributed by atoms with Crippen molar-refractivity contribution in [2.45, 2.75) is 27.7 Å². The van der Waals surface area contributed by atoms with E-state index in [2.05, 4.69) is 10.4 Å². The molecule has 178 valence electrons. The minimum Gasteiger partial charge on any atom is -0.482 e. The summed E-state index contributed by atoms with van der Waals surface area (Å²) in [5.74, 6) is -1.34. The van der Waals surface area contributed by atoms with Crippen molar-refractivity contribution in [3.05, 3.63) is 70.5 Å². The largest absolute Gasteiger partial charge is 0.482 e. The van der Waals surface area contributed by atoms with Crippen molar-refractivity contribution < 1.29 is 19.1 Å². The summed E-state index contributed by atoms with van der Waals surface area (Å²) < 4.78 is 7.16. The molecule has 2 aromatic carbocycles. The lowest BCUT2D eigenvalue weighted by atomic mass is 10.1. The monoisotopic (exact) mass is 482 g/mol. The number of carbonyl (C=O) groups is 3. The van der Waals surface area contributed by atoms with E-state index in [1.54, 1.807) is 35.6 Å². The van der Waals surface area contributed by atoms with Crippen molar-refractivity contribution in [2.24, 2.45) is 0 Å². The Morgan fingerprint density at radius 3 is 2.35 bits per heavy atom. The van der Waals surface area contributed by atoms with Gasteiger partial charge in [0, 0.05) is 18.8 Å². The van der Waals surface area contributed by atoms with E-state index in [-0.39, 0.29) is 23.1 Å². The van der Waals surface area contributed by atoms with Crippen molar-refractivity contribution >= 4 is 34.9 Å². The average molecular weight is 483 g/mol. The summed E-state index contributed by atoms with van der Waals surface area (Å²) in [6, 6.07) is 13.9. The third-order valence-electron chi connectivity index (χ3n) is 5.38. The topological polar surface area (TPSA) is 93.5 Å². The molecule has 0 bridgehead atoms. The van der Waals surface area contributed by atoms with Gasteiger partial charge in [-0.25, -0.2) is 4.68 Å². The molecule has 3 rings (SSSR count). The Morgan fingerprint density at radius 2 is 1.74 bits per heavy atom. The molecule has 0 aliphatic heterocycles. The number of halogens is 1. The molecule has 1 aromatic heterocycles. The fraction of sp³-hybridized carbons (Fsp3) is 0.280. The molecule has 0 radical (unpaired) electrons. The van der Waals surface area contributed by atoms with Gasteiger partial charge in [-0.15, -0.1) is 0 Å². The number of rotatable bonds is 9. The van der Waals surface area contributed by atoms with E-state index >= 15 is 0 Å². The second kappa shape index (κ2) is 11.0. The van der Waals surface area contributed by atoms with Crippen LogP contribution in [0.3, 0.4) is 0 Å². The summed E-state index contributed by atoms with van der Waals surface area (Å²) in [6.45, 7) is 8.26. The highest BCUT2D eigenvalue weighted by Crippen LogP contribution is 2.28. The summed E-state index contributed by atoms with van der Waals surface area (Å²) in [5, 5.41) is 7.21. The lowest BCUT2D eigenvalue weighted by Crippen LogP contribution is -2.34. The van der Waals surface area contributed by atoms with Gasteiger partial charge >= 0.3 is 0 Å². The van der Waals surface area contributed by atoms with Crippen molar-refractivity contribution in [3.8, 4) is 11.4 Å². The van der Waals surface area contributed by atoms with Crippen LogP contribution in [0.5, 0.6) is 5.75 Å². The zero-order chi connectivity index (χ0) is 24.8. The first-order chi connectivity index (χ1) is 16.3. The summed E-state index contributed by atoms with van der Waals surface area (Å²) in [7, 11) is 0. The van der Waals surface area contributed by atoms with E-state index in [9.17, 15) is 14.4 Å². The normalized spacial score (nSPS) is 10.6. The van der Waals surface area contributed by atoms with Crippen LogP contribution in [0.15, 0.2) is 48.5 Å². The highest BCUT2D eigenvalue weighted by atomic mass is 35.5. The predicted molar refractivity (Wildman–Crippen MR) is 131 cm³/mol. The number of nitrogens with zero attached hydrogens (tertiary/aromatic N) is 3. The Hall–Kier alpha value is -3.65. The van der Waals surface area contributed by atoms with Gasteiger partial charge in [0.25, 0.3) is 17.6 Å². The molecule has 0 saturated heterocycles. The standard InChI is InChI=1S/C25H27ClN4O4/c1-5-29(6-2)22(31)15-34-21-13-12-18(14-20(21)26)27-25(33)24(32)23-16(3)28-30(17(23)4)19-10-8-7-9-11-19/h7-14H,5-6,15H2,1-4H3,(H,27,33). The van der Waals surface area contributed by atoms with Gasteiger partial charge in [-0.05, 0) is 58.0 Å². The number of hydrogen-bond acceptors (Lipinski definition) is 5. The molecule has 1 heterocycles. The maximum absolute atomic E-state index is 12.9. The van der Waals surface area contributed by atoms with Gasteiger partial charge in [0.1, 0.15) is 5.75 Å². The number of ether oxygens (including phenoxy) is 1. The molecule has 0 saturated carbocycles. The van der Waals surface area contributed by atoms with Crippen LogP contribution in [-0.4, -0.2) is 52.0 Å². The van der Waals surface area contributed by atoms with Crippen LogP contribution in [0.25, 0.3) is 5.69 Å². The molecule has 0 atom stereocenters. The summed E-state index contributed by atoms with van der Waals surface area (Å²) in [6.07, 6.45) is 0. The molecule has 0 unspecified atom stereocenters. The lowest BCUT2D eigenvalue weighted by molar-refractivity contribution is -0.132. The molecular weight excluding hydrogens is 456 g/mol. The van der Waals surface area contributed by atoms with Crippen LogP contribution in [0.1, 0.15) is 35.6 Å². The fourth-order valence-electron chi connectivity index (χ4n) is 3.60. The Morgan fingerprint density at radius 1 is 1.06 bits per heavy atom. The van der Waals surface area contributed by atoms with Crippen LogP contribution in [0.2, 0.25) is 5.02 Å². The average Bonchev–Trinajstić information content (AvgIpc) is 3.13. The SMILES string of the molecule is CCN(CC)C(=O)COc1ccc(NC(=O)C(=O)c2c(C)nn(-c3ccccc3)c2C)cc1Cl. The maximum atomic E-state index is 12.9. The van der Waals surface area contributed by atoms with E-state index in [0.717, 1.165) is 5.69 Å². The van der Waals surface area contributed by atoms with Gasteiger partial charge in [0.05, 0.1) is 27.7 Å². The number of nitrogens with one attached hydrogen (secondary N) is 1. The van der Waals surface area contributed by atoms with E-state index in [0.29, 0.717) is 35.9 Å². The molecule has 0 spiro atoms. The van der Waals surface area contributed by atoms with Gasteiger partial charge in [0.2, 0.25) is 0 Å². The maximum Gasteiger partial charge on any atom is 0.296 e. The number of aryl methyl sites for hydroxylation is 1. The third-order valence-corrected chi connectivity index (χ3v) is 5.68. The highest BCUT2D eigenvalue weighted by Gasteiger charge is 2.25. The zero-order valence-electron chi connectivity index (χ0n) is 19.6. The molecule has 2 amide bonds. The van der Waals surface area contributed by atoms with Crippen LogP contribution in [0, 0.1) is 13.8 Å². The number of carbonyl (C=O) groups excluding carboxylic acids is 3. The van der Waals surface area contributed by atoms with E-state index < -0.39 is 11.7 Å². The Kier molecular flexibility index (Phi) is 8.07. The molecule has 0 aliphatic rings. The first kappa shape index (κ1) is 25.0. The minimum atomic E-state index is -0.805. The summed E-state index contributed by atoms with van der Waals surface area (Å²) >= 11 is 6.26. The molecule has 0 fully saturated rings. The zero-order valence-corrected chi connectivity index (χ0v) is 20.3. The smallest absolute Gasteiger partial charge is 0.296 e. The Bertz CT molecular complexity index is 1200. The van der Waals surface area contributed by atoms with Crippen LogP contribution >= 0.6 is 11.6 Å². The van der Waals surface area contributed by atoms with Gasteiger partial charge in [-0.1, -0.05) is 29.8 Å². The predicted octanol–water partition coefficient (Wildman–Crippen LogP) is 4.21. The highest BCUT2D eigenvalue weighted by molar-refractivity contribution is 6.47. The summed E-state index contributed by atoms with van der Waals surface area (Å²) in [5.41, 5.74) is 2.41. The first-order valence-electron chi connectivity index (χ1n) is 10.9. The number of likely N-dealkylation sites (N-methyl/N-ethyl adjacent to an activating group) is 1. The molecule has 1 N–H and O–H groups in total. The van der Waals surface area contributed by atoms with Crippen molar-refractivity contribution in [1.82, 2.24) is 14.7 Å². The van der Waals surface area contributed by atoms with Crippen molar-refractivity contribution in [3.63, 3.8) is 0 Å². The minimum absolute atomic E-state index is 0.143. The first-order valence-corrected chi connectivity index (χ1v) is 11.3. The number of aromatic nitrogens is 2. The molecule has 9 heteroatoms. The van der Waals surface area contributed by atoms with E-state index in [4.69, 9.17) is 16.3 Å². The number of ketones is 1. The Labute approximate surface area is 203 Å². The number of anilines is 1. The summed E-state index contributed by atoms with van der Waals surface area (Å²) in [4.78, 5) is 39.4. The number of amides is 2. The quantitative estimate of drug-likeness (QED) is 0.364. The fourth-order valence-corrected chi connectivity index (χ4v) is 3.83. The van der Waals surface area contributed by atoms with Gasteiger partial charge in [-0.2, -0.15) is 5.10 Å². The number of hydrogen-bond donors (Lipinski definition) is 1. The van der Waals surface area contributed by atoms with Crippen LogP contribution in [0.4, 0.5) is 5.69 Å². The molecule has 34 heavy (non-hydrogen) atoms. The van der Waals surface area contributed by atoms with Crippen molar-refractivity contribution in [1.29, 1.82) is 0 Å². The lowest BCUT2D eigenvalue weighted by Gasteiger charge is -2.19.